The number of amides is 1. The second kappa shape index (κ2) is 6.67. The summed E-state index contributed by atoms with van der Waals surface area (Å²) in [5, 5.41) is 12.7. The number of aliphatic hydroxyl groups is 1. The van der Waals surface area contributed by atoms with Crippen LogP contribution in [0.4, 0.5) is 0 Å². The fraction of sp³-hybridized carbons (Fsp3) is 0.421. The largest absolute Gasteiger partial charge is 0.387 e. The topological polar surface area (TPSA) is 43.8 Å². The molecule has 1 saturated heterocycles. The Kier molecular flexibility index (Phi) is 4.76. The molecule has 0 bridgehead atoms. The third-order valence-corrected chi connectivity index (χ3v) is 5.53. The van der Waals surface area contributed by atoms with Gasteiger partial charge < -0.3 is 14.9 Å². The predicted octanol–water partition coefficient (Wildman–Crippen LogP) is 2.86. The lowest BCUT2D eigenvalue weighted by atomic mass is 10.0. The minimum absolute atomic E-state index is 0.000685. The van der Waals surface area contributed by atoms with Crippen molar-refractivity contribution in [1.29, 1.82) is 0 Å². The molecule has 0 radical (unpaired) electrons. The van der Waals surface area contributed by atoms with Gasteiger partial charge in [-0.25, -0.2) is 0 Å². The van der Waals surface area contributed by atoms with E-state index >= 15 is 0 Å². The van der Waals surface area contributed by atoms with E-state index in [4.69, 9.17) is 0 Å². The van der Waals surface area contributed by atoms with E-state index in [1.807, 2.05) is 43.3 Å². The number of aryl methyl sites for hydroxylation is 1. The second-order valence-corrected chi connectivity index (χ2v) is 7.87. The molecule has 1 N–H and O–H groups in total. The Hall–Kier alpha value is -1.69. The highest BCUT2D eigenvalue weighted by Gasteiger charge is 2.38. The molecule has 1 aliphatic rings. The molecule has 5 heteroatoms. The van der Waals surface area contributed by atoms with E-state index in [9.17, 15) is 9.90 Å². The van der Waals surface area contributed by atoms with Gasteiger partial charge in [-0.15, -0.1) is 11.3 Å². The van der Waals surface area contributed by atoms with Crippen molar-refractivity contribution >= 4 is 17.2 Å². The lowest BCUT2D eigenvalue weighted by Crippen LogP contribution is -2.43. The van der Waals surface area contributed by atoms with Crippen LogP contribution in [0.3, 0.4) is 0 Å². The van der Waals surface area contributed by atoms with Crippen LogP contribution in [0.15, 0.2) is 35.7 Å². The van der Waals surface area contributed by atoms with E-state index in [-0.39, 0.29) is 5.91 Å². The molecule has 4 nitrogen and oxygen atoms in total. The van der Waals surface area contributed by atoms with E-state index in [0.29, 0.717) is 31.6 Å². The van der Waals surface area contributed by atoms with Crippen molar-refractivity contribution in [2.75, 3.05) is 33.7 Å². The number of β-amino-alcohol motifs (C(OH)–C–C–N with tert-alkyl or cyclic N) is 1. The summed E-state index contributed by atoms with van der Waals surface area (Å²) in [5.41, 5.74) is 2.19. The zero-order valence-corrected chi connectivity index (χ0v) is 15.3. The Morgan fingerprint density at radius 2 is 2.17 bits per heavy atom. The number of hydrogen-bond acceptors (Lipinski definition) is 4. The van der Waals surface area contributed by atoms with Crippen LogP contribution in [0.1, 0.15) is 22.3 Å². The van der Waals surface area contributed by atoms with Crippen LogP contribution in [0, 0.1) is 6.92 Å². The quantitative estimate of drug-likeness (QED) is 0.927. The highest BCUT2D eigenvalue weighted by molar-refractivity contribution is 7.13. The van der Waals surface area contributed by atoms with Gasteiger partial charge in [-0.1, -0.05) is 12.1 Å². The number of carbonyl (C=O) groups excluding carboxylic acids is 1. The predicted molar refractivity (Wildman–Crippen MR) is 98.5 cm³/mol. The summed E-state index contributed by atoms with van der Waals surface area (Å²) >= 11 is 1.69. The Morgan fingerprint density at radius 1 is 1.38 bits per heavy atom. The van der Waals surface area contributed by atoms with Crippen LogP contribution in [-0.2, 0) is 0 Å². The first kappa shape index (κ1) is 17.1. The first-order chi connectivity index (χ1) is 11.4. The van der Waals surface area contributed by atoms with Gasteiger partial charge in [0.05, 0.1) is 12.1 Å². The van der Waals surface area contributed by atoms with Crippen LogP contribution in [0.2, 0.25) is 0 Å². The van der Waals surface area contributed by atoms with Gasteiger partial charge in [-0.05, 0) is 62.1 Å². The standard InChI is InChI=1S/C19H24N2O2S/c1-14-7-10-24-17(14)15-5-4-6-16(11-15)18(22)21-9-8-19(23,13-21)12-20(2)3/h4-7,10-11,23H,8-9,12-13H2,1-3H3/t19-/m1/s1. The van der Waals surface area contributed by atoms with Crippen molar-refractivity contribution in [3.05, 3.63) is 46.8 Å². The summed E-state index contributed by atoms with van der Waals surface area (Å²) < 4.78 is 0. The molecular weight excluding hydrogens is 320 g/mol. The number of hydrogen-bond donors (Lipinski definition) is 1. The van der Waals surface area contributed by atoms with Gasteiger partial charge >= 0.3 is 0 Å². The second-order valence-electron chi connectivity index (χ2n) is 6.95. The van der Waals surface area contributed by atoms with Crippen molar-refractivity contribution < 1.29 is 9.90 Å². The molecule has 3 rings (SSSR count). The Balaban J connectivity index is 1.78. The molecule has 0 unspecified atom stereocenters. The van der Waals surface area contributed by atoms with Crippen molar-refractivity contribution in [3.8, 4) is 10.4 Å². The van der Waals surface area contributed by atoms with Gasteiger partial charge in [-0.3, -0.25) is 4.79 Å². The Labute approximate surface area is 147 Å². The molecule has 128 valence electrons. The van der Waals surface area contributed by atoms with Crippen LogP contribution < -0.4 is 0 Å². The molecule has 0 saturated carbocycles. The summed E-state index contributed by atoms with van der Waals surface area (Å²) in [7, 11) is 3.88. The number of nitrogens with zero attached hydrogens (tertiary/aromatic N) is 2. The summed E-state index contributed by atoms with van der Waals surface area (Å²) in [5.74, 6) is 0.000685. The number of rotatable bonds is 4. The fourth-order valence-corrected chi connectivity index (χ4v) is 4.32. The van der Waals surface area contributed by atoms with E-state index in [2.05, 4.69) is 18.4 Å². The lowest BCUT2D eigenvalue weighted by Gasteiger charge is -2.26. The fourth-order valence-electron chi connectivity index (χ4n) is 3.39. The average molecular weight is 344 g/mol. The molecule has 1 aliphatic heterocycles. The van der Waals surface area contributed by atoms with Gasteiger partial charge in [0.25, 0.3) is 5.91 Å². The molecule has 1 atom stereocenters. The van der Waals surface area contributed by atoms with Crippen LogP contribution in [0.25, 0.3) is 10.4 Å². The van der Waals surface area contributed by atoms with Gasteiger partial charge in [0.15, 0.2) is 0 Å². The molecule has 1 aromatic carbocycles. The molecule has 1 amide bonds. The van der Waals surface area contributed by atoms with Crippen LogP contribution in [-0.4, -0.2) is 60.1 Å². The summed E-state index contributed by atoms with van der Waals surface area (Å²) in [6.45, 7) is 3.66. The smallest absolute Gasteiger partial charge is 0.253 e. The number of benzene rings is 1. The Bertz CT molecular complexity index is 740. The number of likely N-dealkylation sites (tertiary alicyclic amines) is 1. The molecule has 0 spiro atoms. The molecule has 1 aromatic heterocycles. The van der Waals surface area contributed by atoms with Crippen molar-refractivity contribution in [3.63, 3.8) is 0 Å². The molecule has 24 heavy (non-hydrogen) atoms. The lowest BCUT2D eigenvalue weighted by molar-refractivity contribution is 0.0236. The van der Waals surface area contributed by atoms with Gasteiger partial charge in [-0.2, -0.15) is 0 Å². The highest BCUT2D eigenvalue weighted by Crippen LogP contribution is 2.30. The zero-order valence-electron chi connectivity index (χ0n) is 14.5. The number of likely N-dealkylation sites (N-methyl/N-ethyl adjacent to an activating group) is 1. The van der Waals surface area contributed by atoms with E-state index < -0.39 is 5.60 Å². The first-order valence-corrected chi connectivity index (χ1v) is 9.07. The summed E-state index contributed by atoms with van der Waals surface area (Å²) in [6, 6.07) is 9.89. The highest BCUT2D eigenvalue weighted by atomic mass is 32.1. The van der Waals surface area contributed by atoms with Crippen LogP contribution in [0.5, 0.6) is 0 Å². The van der Waals surface area contributed by atoms with Crippen molar-refractivity contribution in [2.45, 2.75) is 18.9 Å². The minimum Gasteiger partial charge on any atom is -0.387 e. The molecular formula is C19H24N2O2S. The maximum absolute atomic E-state index is 12.8. The normalized spacial score (nSPS) is 20.8. The first-order valence-electron chi connectivity index (χ1n) is 8.19. The maximum atomic E-state index is 12.8. The number of thiophene rings is 1. The average Bonchev–Trinajstić information content (AvgIpc) is 3.12. The molecule has 2 heterocycles. The number of carbonyl (C=O) groups is 1. The van der Waals surface area contributed by atoms with E-state index in [1.54, 1.807) is 16.2 Å². The third kappa shape index (κ3) is 3.53. The van der Waals surface area contributed by atoms with E-state index in [0.717, 1.165) is 5.56 Å². The zero-order chi connectivity index (χ0) is 17.3. The molecule has 0 aliphatic carbocycles. The van der Waals surface area contributed by atoms with Gasteiger partial charge in [0.2, 0.25) is 0 Å². The van der Waals surface area contributed by atoms with Crippen molar-refractivity contribution in [1.82, 2.24) is 9.80 Å². The molecule has 2 aromatic rings. The minimum atomic E-state index is -0.804. The maximum Gasteiger partial charge on any atom is 0.253 e. The monoisotopic (exact) mass is 344 g/mol. The summed E-state index contributed by atoms with van der Waals surface area (Å²) in [6.07, 6.45) is 0.626. The molecule has 1 fully saturated rings. The van der Waals surface area contributed by atoms with Gasteiger partial charge in [0.1, 0.15) is 0 Å². The SMILES string of the molecule is Cc1ccsc1-c1cccc(C(=O)N2CC[C@@](O)(CN(C)C)C2)c1. The van der Waals surface area contributed by atoms with Crippen molar-refractivity contribution in [2.24, 2.45) is 0 Å². The summed E-state index contributed by atoms with van der Waals surface area (Å²) in [4.78, 5) is 17.8. The van der Waals surface area contributed by atoms with E-state index in [1.165, 1.54) is 10.4 Å². The van der Waals surface area contributed by atoms with Crippen LogP contribution >= 0.6 is 11.3 Å². The Morgan fingerprint density at radius 3 is 2.83 bits per heavy atom. The third-order valence-electron chi connectivity index (χ3n) is 4.46. The van der Waals surface area contributed by atoms with Gasteiger partial charge in [0, 0.05) is 23.5 Å².